The van der Waals surface area contributed by atoms with E-state index < -0.39 is 0 Å². The average Bonchev–Trinajstić information content (AvgIpc) is 3.68. The molecule has 0 saturated heterocycles. The summed E-state index contributed by atoms with van der Waals surface area (Å²) in [4.78, 5) is 18.6. The number of thiazole rings is 1. The van der Waals surface area contributed by atoms with Crippen LogP contribution < -0.4 is 19.6 Å². The van der Waals surface area contributed by atoms with Crippen molar-refractivity contribution in [1.82, 2.24) is 24.4 Å². The quantitative estimate of drug-likeness (QED) is 0.241. The van der Waals surface area contributed by atoms with E-state index in [4.69, 9.17) is 14.6 Å². The lowest BCUT2D eigenvalue weighted by molar-refractivity contribution is 0.269. The van der Waals surface area contributed by atoms with E-state index in [0.29, 0.717) is 27.8 Å². The Morgan fingerprint density at radius 2 is 1.73 bits per heavy atom. The molecule has 41 heavy (non-hydrogen) atoms. The number of hydrogen-bond acceptors (Lipinski definition) is 7. The summed E-state index contributed by atoms with van der Waals surface area (Å²) >= 11 is 1.31. The standard InChI is InChI=1S/C32H29N5O3S/c1-20(2)19-40-27-15-12-23(16-21(27)3)29-24(18-36(34-29)25-8-6-5-7-9-25)17-28-31(38)37-32(41-28)33-30(35-37)22-10-13-26(39-4)14-11-22/h5-18,20H,19H2,1-4H3/b28-17-. The van der Waals surface area contributed by atoms with Crippen molar-refractivity contribution in [3.63, 3.8) is 0 Å². The zero-order chi connectivity index (χ0) is 28.5. The lowest BCUT2D eigenvalue weighted by Gasteiger charge is -2.12. The Balaban J connectivity index is 1.42. The van der Waals surface area contributed by atoms with Crippen LogP contribution in [0.2, 0.25) is 0 Å². The number of nitrogens with zero attached hydrogens (tertiary/aromatic N) is 5. The lowest BCUT2D eigenvalue weighted by Crippen LogP contribution is -2.23. The molecule has 0 aliphatic carbocycles. The SMILES string of the molecule is COc1ccc(-c2nc3s/c(=C\c4cn(-c5ccccc5)nc4-c4ccc(OCC(C)C)c(C)c4)c(=O)n3n2)cc1. The predicted molar refractivity (Wildman–Crippen MR) is 162 cm³/mol. The molecule has 206 valence electrons. The van der Waals surface area contributed by atoms with E-state index in [2.05, 4.69) is 30.0 Å². The normalized spacial score (nSPS) is 12.0. The van der Waals surface area contributed by atoms with E-state index in [9.17, 15) is 4.79 Å². The first-order valence-corrected chi connectivity index (χ1v) is 14.2. The lowest BCUT2D eigenvalue weighted by atomic mass is 10.0. The van der Waals surface area contributed by atoms with Gasteiger partial charge in [0.25, 0.3) is 5.56 Å². The molecule has 8 nitrogen and oxygen atoms in total. The van der Waals surface area contributed by atoms with Crippen molar-refractivity contribution in [2.45, 2.75) is 20.8 Å². The second-order valence-corrected chi connectivity index (χ2v) is 11.2. The van der Waals surface area contributed by atoms with Crippen LogP contribution in [-0.4, -0.2) is 38.1 Å². The Labute approximate surface area is 241 Å². The van der Waals surface area contributed by atoms with Gasteiger partial charge in [-0.2, -0.15) is 14.6 Å². The summed E-state index contributed by atoms with van der Waals surface area (Å²) in [6.07, 6.45) is 3.82. The Hall–Kier alpha value is -4.76. The van der Waals surface area contributed by atoms with Gasteiger partial charge in [-0.3, -0.25) is 4.79 Å². The molecular weight excluding hydrogens is 534 g/mol. The van der Waals surface area contributed by atoms with E-state index in [1.54, 1.807) is 7.11 Å². The molecule has 0 N–H and O–H groups in total. The maximum atomic E-state index is 13.4. The number of para-hydroxylation sites is 1. The van der Waals surface area contributed by atoms with Gasteiger partial charge in [0.15, 0.2) is 5.82 Å². The van der Waals surface area contributed by atoms with Crippen molar-refractivity contribution in [2.24, 2.45) is 5.92 Å². The van der Waals surface area contributed by atoms with E-state index in [1.807, 2.05) is 90.6 Å². The highest BCUT2D eigenvalue weighted by Crippen LogP contribution is 2.29. The Morgan fingerprint density at radius 1 is 0.976 bits per heavy atom. The third-order valence-corrected chi connectivity index (χ3v) is 7.56. The average molecular weight is 564 g/mol. The second-order valence-electron chi connectivity index (χ2n) is 10.2. The van der Waals surface area contributed by atoms with Gasteiger partial charge in [0.1, 0.15) is 17.2 Å². The van der Waals surface area contributed by atoms with Crippen LogP contribution in [0.1, 0.15) is 25.0 Å². The van der Waals surface area contributed by atoms with Crippen molar-refractivity contribution in [1.29, 1.82) is 0 Å². The number of methoxy groups -OCH3 is 1. The van der Waals surface area contributed by atoms with Gasteiger partial charge in [-0.1, -0.05) is 43.4 Å². The van der Waals surface area contributed by atoms with Crippen LogP contribution in [0.15, 0.2) is 83.8 Å². The van der Waals surface area contributed by atoms with Gasteiger partial charge in [0.05, 0.1) is 23.9 Å². The summed E-state index contributed by atoms with van der Waals surface area (Å²) in [5, 5.41) is 9.42. The number of benzene rings is 3. The summed E-state index contributed by atoms with van der Waals surface area (Å²) in [5.41, 5.74) is 5.08. The number of aryl methyl sites for hydroxylation is 1. The van der Waals surface area contributed by atoms with Gasteiger partial charge >= 0.3 is 0 Å². The van der Waals surface area contributed by atoms with Gasteiger partial charge in [-0.05, 0) is 79.1 Å². The number of aromatic nitrogens is 5. The molecule has 0 saturated carbocycles. The molecule has 0 spiro atoms. The molecule has 0 unspecified atom stereocenters. The van der Waals surface area contributed by atoms with Crippen molar-refractivity contribution in [2.75, 3.05) is 13.7 Å². The first kappa shape index (κ1) is 26.5. The first-order chi connectivity index (χ1) is 19.9. The topological polar surface area (TPSA) is 83.5 Å². The minimum atomic E-state index is -0.218. The summed E-state index contributed by atoms with van der Waals surface area (Å²) in [6.45, 7) is 6.95. The second kappa shape index (κ2) is 11.0. The fraction of sp³-hybridized carbons (Fsp3) is 0.188. The van der Waals surface area contributed by atoms with E-state index >= 15 is 0 Å². The highest BCUT2D eigenvalue weighted by atomic mass is 32.1. The molecule has 0 atom stereocenters. The highest BCUT2D eigenvalue weighted by molar-refractivity contribution is 7.15. The van der Waals surface area contributed by atoms with Crippen molar-refractivity contribution in [3.05, 3.63) is 105 Å². The predicted octanol–water partition coefficient (Wildman–Crippen LogP) is 5.57. The van der Waals surface area contributed by atoms with Gasteiger partial charge in [0, 0.05) is 22.9 Å². The third kappa shape index (κ3) is 5.36. The summed E-state index contributed by atoms with van der Waals surface area (Å²) < 4.78 is 15.0. The van der Waals surface area contributed by atoms with Gasteiger partial charge < -0.3 is 9.47 Å². The van der Waals surface area contributed by atoms with Crippen LogP contribution >= 0.6 is 11.3 Å². The molecule has 0 aliphatic heterocycles. The molecule has 6 aromatic rings. The monoisotopic (exact) mass is 563 g/mol. The fourth-order valence-corrected chi connectivity index (χ4v) is 5.38. The van der Waals surface area contributed by atoms with Gasteiger partial charge in [-0.25, -0.2) is 4.68 Å². The number of hydrogen-bond donors (Lipinski definition) is 0. The molecule has 0 radical (unpaired) electrons. The van der Waals surface area contributed by atoms with Crippen LogP contribution in [0.25, 0.3) is 39.4 Å². The van der Waals surface area contributed by atoms with Crippen LogP contribution in [0.4, 0.5) is 0 Å². The molecule has 3 aromatic heterocycles. The third-order valence-electron chi connectivity index (χ3n) is 6.60. The molecule has 6 rings (SSSR count). The van der Waals surface area contributed by atoms with E-state index in [-0.39, 0.29) is 5.56 Å². The summed E-state index contributed by atoms with van der Waals surface area (Å²) in [6, 6.07) is 23.4. The van der Waals surface area contributed by atoms with Crippen LogP contribution in [0, 0.1) is 12.8 Å². The maximum absolute atomic E-state index is 13.4. The molecule has 9 heteroatoms. The van der Waals surface area contributed by atoms with Crippen LogP contribution in [-0.2, 0) is 0 Å². The zero-order valence-corrected chi connectivity index (χ0v) is 24.1. The number of rotatable bonds is 8. The molecular formula is C32H29N5O3S. The molecule has 3 aromatic carbocycles. The summed E-state index contributed by atoms with van der Waals surface area (Å²) in [7, 11) is 1.62. The molecule has 0 amide bonds. The van der Waals surface area contributed by atoms with Crippen molar-refractivity contribution in [3.8, 4) is 39.8 Å². The Bertz CT molecular complexity index is 1940. The zero-order valence-electron chi connectivity index (χ0n) is 23.2. The maximum Gasteiger partial charge on any atom is 0.291 e. The van der Waals surface area contributed by atoms with E-state index in [0.717, 1.165) is 45.1 Å². The Kier molecular flexibility index (Phi) is 7.11. The summed E-state index contributed by atoms with van der Waals surface area (Å²) in [5.74, 6) is 2.54. The van der Waals surface area contributed by atoms with Gasteiger partial charge in [-0.15, -0.1) is 5.10 Å². The van der Waals surface area contributed by atoms with Gasteiger partial charge in [0.2, 0.25) is 4.96 Å². The highest BCUT2D eigenvalue weighted by Gasteiger charge is 2.16. The van der Waals surface area contributed by atoms with Crippen LogP contribution in [0.3, 0.4) is 0 Å². The van der Waals surface area contributed by atoms with Crippen LogP contribution in [0.5, 0.6) is 11.5 Å². The smallest absolute Gasteiger partial charge is 0.291 e. The number of ether oxygens (including phenoxy) is 2. The van der Waals surface area contributed by atoms with Crippen molar-refractivity contribution < 1.29 is 9.47 Å². The number of fused-ring (bicyclic) bond motifs is 1. The largest absolute Gasteiger partial charge is 0.497 e. The molecule has 3 heterocycles. The molecule has 0 bridgehead atoms. The molecule has 0 fully saturated rings. The first-order valence-electron chi connectivity index (χ1n) is 13.3. The fourth-order valence-electron chi connectivity index (χ4n) is 4.48. The minimum Gasteiger partial charge on any atom is -0.497 e. The minimum absolute atomic E-state index is 0.218. The Morgan fingerprint density at radius 3 is 2.41 bits per heavy atom. The van der Waals surface area contributed by atoms with Crippen molar-refractivity contribution >= 4 is 22.4 Å². The van der Waals surface area contributed by atoms with E-state index in [1.165, 1.54) is 15.9 Å². The molecule has 0 aliphatic rings.